The van der Waals surface area contributed by atoms with Crippen LogP contribution in [0, 0.1) is 0 Å². The average molecular weight is 407 g/mol. The Hall–Kier alpha value is -4.01. The number of aromatic nitrogens is 4. The van der Waals surface area contributed by atoms with E-state index in [1.165, 1.54) is 0 Å². The molecule has 4 aromatic rings. The van der Waals surface area contributed by atoms with Gasteiger partial charge in [-0.3, -0.25) is 0 Å². The lowest BCUT2D eigenvalue weighted by Crippen LogP contribution is -1.99. The lowest BCUT2D eigenvalue weighted by molar-refractivity contribution is 0.324. The van der Waals surface area contributed by atoms with Crippen molar-refractivity contribution in [3.63, 3.8) is 0 Å². The van der Waals surface area contributed by atoms with Gasteiger partial charge in [-0.1, -0.05) is 0 Å². The van der Waals surface area contributed by atoms with Crippen molar-refractivity contribution < 1.29 is 18.9 Å². The second-order valence-electron chi connectivity index (χ2n) is 6.24. The highest BCUT2D eigenvalue weighted by Gasteiger charge is 2.17. The van der Waals surface area contributed by atoms with Gasteiger partial charge in [-0.05, 0) is 42.5 Å². The van der Waals surface area contributed by atoms with Gasteiger partial charge >= 0.3 is 0 Å². The molecule has 0 unspecified atom stereocenters. The Morgan fingerprint density at radius 3 is 2.13 bits per heavy atom. The van der Waals surface area contributed by atoms with Crippen molar-refractivity contribution in [2.45, 2.75) is 0 Å². The van der Waals surface area contributed by atoms with Crippen LogP contribution in [0.2, 0.25) is 0 Å². The normalized spacial score (nSPS) is 10.7. The second kappa shape index (κ2) is 8.16. The Morgan fingerprint density at radius 1 is 0.833 bits per heavy atom. The number of hydrogen-bond donors (Lipinski definition) is 1. The minimum Gasteiger partial charge on any atom is -0.497 e. The van der Waals surface area contributed by atoms with Crippen LogP contribution in [0.3, 0.4) is 0 Å². The zero-order valence-electron chi connectivity index (χ0n) is 17.0. The van der Waals surface area contributed by atoms with Crippen LogP contribution in [0.15, 0.2) is 48.7 Å². The second-order valence-corrected chi connectivity index (χ2v) is 6.24. The number of hydrogen-bond acceptors (Lipinski definition) is 8. The lowest BCUT2D eigenvalue weighted by Gasteiger charge is -2.14. The van der Waals surface area contributed by atoms with Crippen LogP contribution < -0.4 is 24.3 Å². The molecule has 1 N–H and O–H groups in total. The Kier molecular flexibility index (Phi) is 5.25. The van der Waals surface area contributed by atoms with Crippen LogP contribution >= 0.6 is 0 Å². The minimum atomic E-state index is 0.424. The van der Waals surface area contributed by atoms with Crippen molar-refractivity contribution in [1.29, 1.82) is 0 Å². The summed E-state index contributed by atoms with van der Waals surface area (Å²) in [4.78, 5) is 8.78. The van der Waals surface area contributed by atoms with E-state index in [2.05, 4.69) is 20.4 Å². The first-order chi connectivity index (χ1) is 14.7. The van der Waals surface area contributed by atoms with Gasteiger partial charge < -0.3 is 24.3 Å². The third-order valence-corrected chi connectivity index (χ3v) is 4.55. The van der Waals surface area contributed by atoms with Crippen LogP contribution in [0.5, 0.6) is 23.0 Å². The largest absolute Gasteiger partial charge is 0.497 e. The molecule has 2 aromatic carbocycles. The first-order valence-electron chi connectivity index (χ1n) is 9.10. The molecule has 2 heterocycles. The number of anilines is 2. The molecule has 0 fully saturated rings. The number of rotatable bonds is 7. The molecule has 0 amide bonds. The van der Waals surface area contributed by atoms with Crippen LogP contribution in [0.25, 0.3) is 17.0 Å². The molecule has 0 atom stereocenters. The van der Waals surface area contributed by atoms with Crippen molar-refractivity contribution in [2.75, 3.05) is 33.8 Å². The fourth-order valence-corrected chi connectivity index (χ4v) is 3.10. The lowest BCUT2D eigenvalue weighted by atomic mass is 10.1. The SMILES string of the molecule is COc1ccc(Nc2nc3nccc(-c4cc(OC)c(OC)c(OC)c4)n3n2)cc1. The predicted octanol–water partition coefficient (Wildman–Crippen LogP) is 3.57. The Bertz CT molecular complexity index is 1150. The van der Waals surface area contributed by atoms with Crippen LogP contribution in [0.1, 0.15) is 0 Å². The van der Waals surface area contributed by atoms with Gasteiger partial charge in [0.05, 0.1) is 34.1 Å². The molecule has 0 aliphatic rings. The van der Waals surface area contributed by atoms with E-state index in [0.29, 0.717) is 29.0 Å². The highest BCUT2D eigenvalue weighted by Crippen LogP contribution is 2.41. The van der Waals surface area contributed by atoms with Crippen LogP contribution in [-0.2, 0) is 0 Å². The van der Waals surface area contributed by atoms with Gasteiger partial charge in [0.1, 0.15) is 5.75 Å². The van der Waals surface area contributed by atoms with Gasteiger partial charge in [0, 0.05) is 17.4 Å². The number of fused-ring (bicyclic) bond motifs is 1. The highest BCUT2D eigenvalue weighted by atomic mass is 16.5. The zero-order chi connectivity index (χ0) is 21.1. The Labute approximate surface area is 173 Å². The summed E-state index contributed by atoms with van der Waals surface area (Å²) in [5, 5.41) is 7.75. The molecular formula is C21H21N5O4. The van der Waals surface area contributed by atoms with E-state index in [1.54, 1.807) is 39.2 Å². The minimum absolute atomic E-state index is 0.424. The Morgan fingerprint density at radius 2 is 1.53 bits per heavy atom. The van der Waals surface area contributed by atoms with Crippen molar-refractivity contribution in [3.8, 4) is 34.3 Å². The van der Waals surface area contributed by atoms with Gasteiger partial charge in [0.15, 0.2) is 11.5 Å². The highest BCUT2D eigenvalue weighted by molar-refractivity contribution is 5.70. The summed E-state index contributed by atoms with van der Waals surface area (Å²) in [7, 11) is 6.35. The molecule has 30 heavy (non-hydrogen) atoms. The number of ether oxygens (including phenoxy) is 4. The first-order valence-corrected chi connectivity index (χ1v) is 9.10. The summed E-state index contributed by atoms with van der Waals surface area (Å²) in [6.07, 6.45) is 1.68. The van der Waals surface area contributed by atoms with Gasteiger partial charge in [0.25, 0.3) is 5.78 Å². The number of benzene rings is 2. The summed E-state index contributed by atoms with van der Waals surface area (Å²) in [5.74, 6) is 3.27. The molecule has 0 bridgehead atoms. The summed E-state index contributed by atoms with van der Waals surface area (Å²) >= 11 is 0. The maximum Gasteiger partial charge on any atom is 0.254 e. The van der Waals surface area contributed by atoms with E-state index < -0.39 is 0 Å². The third kappa shape index (κ3) is 3.52. The number of nitrogens with one attached hydrogen (secondary N) is 1. The van der Waals surface area contributed by atoms with Crippen molar-refractivity contribution in [1.82, 2.24) is 19.6 Å². The maximum atomic E-state index is 5.47. The molecular weight excluding hydrogens is 386 g/mol. The predicted molar refractivity (Wildman–Crippen MR) is 112 cm³/mol. The molecule has 0 radical (unpaired) electrons. The summed E-state index contributed by atoms with van der Waals surface area (Å²) < 4.78 is 23.2. The standard InChI is InChI=1S/C21H21N5O4/c1-27-15-7-5-14(6-8-15)23-20-24-21-22-10-9-16(26(21)25-20)13-11-17(28-2)19(30-4)18(12-13)29-3/h5-12H,1-4H3,(H,23,25). The van der Waals surface area contributed by atoms with Crippen molar-refractivity contribution in [3.05, 3.63) is 48.7 Å². The van der Waals surface area contributed by atoms with E-state index in [1.807, 2.05) is 42.5 Å². The van der Waals surface area contributed by atoms with Gasteiger partial charge in [-0.25, -0.2) is 4.98 Å². The van der Waals surface area contributed by atoms with Gasteiger partial charge in [0.2, 0.25) is 11.7 Å². The topological polar surface area (TPSA) is 92.0 Å². The van der Waals surface area contributed by atoms with Crippen LogP contribution in [-0.4, -0.2) is 48.0 Å². The quantitative estimate of drug-likeness (QED) is 0.497. The molecule has 0 aliphatic carbocycles. The summed E-state index contributed by atoms with van der Waals surface area (Å²) in [6.45, 7) is 0. The van der Waals surface area contributed by atoms with Crippen molar-refractivity contribution >= 4 is 17.4 Å². The maximum absolute atomic E-state index is 5.47. The number of nitrogens with zero attached hydrogens (tertiary/aromatic N) is 4. The molecule has 0 spiro atoms. The molecule has 2 aromatic heterocycles. The molecule has 9 heteroatoms. The monoisotopic (exact) mass is 407 g/mol. The van der Waals surface area contributed by atoms with E-state index in [4.69, 9.17) is 18.9 Å². The summed E-state index contributed by atoms with van der Waals surface area (Å²) in [6, 6.07) is 13.0. The van der Waals surface area contributed by atoms with Crippen LogP contribution in [0.4, 0.5) is 11.6 Å². The average Bonchev–Trinajstić information content (AvgIpc) is 3.20. The van der Waals surface area contributed by atoms with E-state index in [-0.39, 0.29) is 0 Å². The van der Waals surface area contributed by atoms with E-state index in [0.717, 1.165) is 22.7 Å². The molecule has 154 valence electrons. The smallest absolute Gasteiger partial charge is 0.254 e. The summed E-state index contributed by atoms with van der Waals surface area (Å²) in [5.41, 5.74) is 2.42. The molecule has 9 nitrogen and oxygen atoms in total. The zero-order valence-corrected chi connectivity index (χ0v) is 17.0. The Balaban J connectivity index is 1.75. The van der Waals surface area contributed by atoms with Gasteiger partial charge in [-0.15, -0.1) is 5.10 Å². The molecule has 0 saturated heterocycles. The molecule has 0 aliphatic heterocycles. The molecule has 4 rings (SSSR count). The van der Waals surface area contributed by atoms with Gasteiger partial charge in [-0.2, -0.15) is 9.50 Å². The van der Waals surface area contributed by atoms with E-state index >= 15 is 0 Å². The van der Waals surface area contributed by atoms with Crippen molar-refractivity contribution in [2.24, 2.45) is 0 Å². The van der Waals surface area contributed by atoms with E-state index in [9.17, 15) is 0 Å². The number of methoxy groups -OCH3 is 4. The fraction of sp³-hybridized carbons (Fsp3) is 0.190. The first kappa shape index (κ1) is 19.3. The third-order valence-electron chi connectivity index (χ3n) is 4.55. The fourth-order valence-electron chi connectivity index (χ4n) is 3.10. The molecule has 0 saturated carbocycles.